The number of hydrogen-bond acceptors (Lipinski definition) is 5. The van der Waals surface area contributed by atoms with Gasteiger partial charge in [-0.15, -0.1) is 0 Å². The van der Waals surface area contributed by atoms with Gasteiger partial charge in [-0.3, -0.25) is 4.68 Å². The van der Waals surface area contributed by atoms with Crippen LogP contribution in [0, 0.1) is 0 Å². The number of aryl methyl sites for hydroxylation is 1. The van der Waals surface area contributed by atoms with Gasteiger partial charge in [0.2, 0.25) is 10.0 Å². The maximum Gasteiger partial charge on any atom is 0.243 e. The highest BCUT2D eigenvalue weighted by Crippen LogP contribution is 2.25. The first-order chi connectivity index (χ1) is 12.5. The maximum atomic E-state index is 12.8. The van der Waals surface area contributed by atoms with Crippen LogP contribution in [0.5, 0.6) is 0 Å². The molecule has 9 heteroatoms. The normalized spacial score (nSPS) is 16.4. The molecule has 1 aliphatic rings. The van der Waals surface area contributed by atoms with Crippen molar-refractivity contribution in [1.29, 1.82) is 0 Å². The van der Waals surface area contributed by atoms with Gasteiger partial charge >= 0.3 is 0 Å². The second-order valence-electron chi connectivity index (χ2n) is 6.23. The summed E-state index contributed by atoms with van der Waals surface area (Å²) in [6.45, 7) is 0.996. The number of aliphatic hydroxyl groups is 1. The highest BCUT2D eigenvalue weighted by Gasteiger charge is 2.30. The topological polar surface area (TPSA) is 93.2 Å². The second kappa shape index (κ2) is 6.35. The predicted molar refractivity (Wildman–Crippen MR) is 93.5 cm³/mol. The standard InChI is InChI=1S/C17H19N5O3S/c1-20-8-7-18-17(20)16(23)15-11-13-12-21(9-10-22(13)19-15)26(24,25)14-5-3-2-4-6-14/h2-8,11,16,23H,9-10,12H2,1H3. The van der Waals surface area contributed by atoms with Gasteiger partial charge in [-0.2, -0.15) is 9.40 Å². The third kappa shape index (κ3) is 2.83. The van der Waals surface area contributed by atoms with E-state index in [-0.39, 0.29) is 11.4 Å². The molecule has 0 spiro atoms. The Morgan fingerprint density at radius 2 is 1.96 bits per heavy atom. The van der Waals surface area contributed by atoms with Crippen molar-refractivity contribution in [3.8, 4) is 0 Å². The number of nitrogens with zero attached hydrogens (tertiary/aromatic N) is 5. The lowest BCUT2D eigenvalue weighted by Gasteiger charge is -2.26. The third-order valence-electron chi connectivity index (χ3n) is 4.55. The molecule has 3 aromatic rings. The molecule has 1 N–H and O–H groups in total. The number of fused-ring (bicyclic) bond motifs is 1. The Kier molecular flexibility index (Phi) is 4.14. The van der Waals surface area contributed by atoms with E-state index in [1.54, 1.807) is 65.1 Å². The quantitative estimate of drug-likeness (QED) is 0.734. The molecule has 1 unspecified atom stereocenters. The summed E-state index contributed by atoms with van der Waals surface area (Å²) in [4.78, 5) is 4.43. The SMILES string of the molecule is Cn1ccnc1C(O)c1cc2n(n1)CCN(S(=O)(=O)c1ccccc1)C2. The Morgan fingerprint density at radius 3 is 2.65 bits per heavy atom. The minimum Gasteiger partial charge on any atom is -0.379 e. The van der Waals surface area contributed by atoms with Crippen LogP contribution in [0.4, 0.5) is 0 Å². The zero-order chi connectivity index (χ0) is 18.3. The summed E-state index contributed by atoms with van der Waals surface area (Å²) in [5, 5.41) is 15.0. The lowest BCUT2D eigenvalue weighted by Crippen LogP contribution is -2.38. The van der Waals surface area contributed by atoms with Crippen molar-refractivity contribution < 1.29 is 13.5 Å². The van der Waals surface area contributed by atoms with E-state index in [4.69, 9.17) is 0 Å². The summed E-state index contributed by atoms with van der Waals surface area (Å²) in [5.74, 6) is 0.495. The summed E-state index contributed by atoms with van der Waals surface area (Å²) in [5.41, 5.74) is 1.22. The summed E-state index contributed by atoms with van der Waals surface area (Å²) in [6, 6.07) is 10.1. The van der Waals surface area contributed by atoms with Crippen molar-refractivity contribution in [2.45, 2.75) is 24.1 Å². The van der Waals surface area contributed by atoms with Crippen LogP contribution < -0.4 is 0 Å². The highest BCUT2D eigenvalue weighted by atomic mass is 32.2. The Labute approximate surface area is 151 Å². The van der Waals surface area contributed by atoms with Gasteiger partial charge in [0.25, 0.3) is 0 Å². The van der Waals surface area contributed by atoms with Crippen molar-refractivity contribution in [2.24, 2.45) is 7.05 Å². The third-order valence-corrected chi connectivity index (χ3v) is 6.41. The van der Waals surface area contributed by atoms with Gasteiger partial charge in [-0.25, -0.2) is 13.4 Å². The fourth-order valence-electron chi connectivity index (χ4n) is 3.12. The van der Waals surface area contributed by atoms with Crippen molar-refractivity contribution in [3.63, 3.8) is 0 Å². The average Bonchev–Trinajstić information content (AvgIpc) is 3.27. The molecule has 0 aliphatic carbocycles. The van der Waals surface area contributed by atoms with Gasteiger partial charge in [0, 0.05) is 26.0 Å². The monoisotopic (exact) mass is 373 g/mol. The molecule has 1 aromatic carbocycles. The van der Waals surface area contributed by atoms with Crippen molar-refractivity contribution in [1.82, 2.24) is 23.6 Å². The van der Waals surface area contributed by atoms with E-state index in [9.17, 15) is 13.5 Å². The maximum absolute atomic E-state index is 12.8. The van der Waals surface area contributed by atoms with Gasteiger partial charge in [0.05, 0.1) is 29.4 Å². The molecule has 0 bridgehead atoms. The Morgan fingerprint density at radius 1 is 1.19 bits per heavy atom. The lowest BCUT2D eigenvalue weighted by molar-refractivity contribution is 0.200. The van der Waals surface area contributed by atoms with Crippen LogP contribution >= 0.6 is 0 Å². The van der Waals surface area contributed by atoms with E-state index in [1.807, 2.05) is 0 Å². The molecule has 0 saturated heterocycles. The number of aromatic nitrogens is 4. The summed E-state index contributed by atoms with van der Waals surface area (Å²) < 4.78 is 30.5. The largest absolute Gasteiger partial charge is 0.379 e. The predicted octanol–water partition coefficient (Wildman–Crippen LogP) is 0.903. The van der Waals surface area contributed by atoms with Crippen LogP contribution in [0.2, 0.25) is 0 Å². The molecule has 0 radical (unpaired) electrons. The smallest absolute Gasteiger partial charge is 0.243 e. The van der Waals surface area contributed by atoms with Crippen LogP contribution in [0.15, 0.2) is 53.7 Å². The lowest BCUT2D eigenvalue weighted by atomic mass is 10.2. The summed E-state index contributed by atoms with van der Waals surface area (Å²) in [6.07, 6.45) is 2.41. The van der Waals surface area contributed by atoms with E-state index < -0.39 is 16.1 Å². The summed E-state index contributed by atoms with van der Waals surface area (Å²) in [7, 11) is -1.75. The summed E-state index contributed by atoms with van der Waals surface area (Å²) >= 11 is 0. The first kappa shape index (κ1) is 17.0. The molecule has 4 rings (SSSR count). The van der Waals surface area contributed by atoms with Crippen LogP contribution in [-0.4, -0.2) is 43.7 Å². The van der Waals surface area contributed by atoms with Crippen molar-refractivity contribution >= 4 is 10.0 Å². The number of benzene rings is 1. The Balaban J connectivity index is 1.60. The fraction of sp³-hybridized carbons (Fsp3) is 0.294. The minimum absolute atomic E-state index is 0.220. The zero-order valence-corrected chi connectivity index (χ0v) is 15.0. The van der Waals surface area contributed by atoms with Gasteiger partial charge in [-0.05, 0) is 18.2 Å². The molecule has 8 nitrogen and oxygen atoms in total. The zero-order valence-electron chi connectivity index (χ0n) is 14.2. The van der Waals surface area contributed by atoms with Crippen molar-refractivity contribution in [3.05, 3.63) is 66.0 Å². The van der Waals surface area contributed by atoms with Gasteiger partial charge in [0.1, 0.15) is 5.82 Å². The Bertz CT molecular complexity index is 1030. The minimum atomic E-state index is -3.55. The first-order valence-electron chi connectivity index (χ1n) is 8.24. The van der Waals surface area contributed by atoms with E-state index >= 15 is 0 Å². The average molecular weight is 373 g/mol. The molecule has 3 heterocycles. The highest BCUT2D eigenvalue weighted by molar-refractivity contribution is 7.89. The van der Waals surface area contributed by atoms with Gasteiger partial charge < -0.3 is 9.67 Å². The molecular formula is C17H19N5O3S. The molecule has 0 fully saturated rings. The van der Waals surface area contributed by atoms with Crippen LogP contribution in [-0.2, 0) is 30.2 Å². The number of hydrogen-bond donors (Lipinski definition) is 1. The molecule has 0 amide bonds. The van der Waals surface area contributed by atoms with Gasteiger partial charge in [-0.1, -0.05) is 18.2 Å². The second-order valence-corrected chi connectivity index (χ2v) is 8.17. The Hall–Kier alpha value is -2.49. The molecule has 136 valence electrons. The fourth-order valence-corrected chi connectivity index (χ4v) is 4.54. The van der Waals surface area contributed by atoms with E-state index in [0.29, 0.717) is 24.6 Å². The molecule has 26 heavy (non-hydrogen) atoms. The molecule has 2 aromatic heterocycles. The van der Waals surface area contributed by atoms with Crippen LogP contribution in [0.1, 0.15) is 23.3 Å². The first-order valence-corrected chi connectivity index (χ1v) is 9.68. The van der Waals surface area contributed by atoms with E-state index in [2.05, 4.69) is 10.1 Å². The van der Waals surface area contributed by atoms with Gasteiger partial charge in [0.15, 0.2) is 6.10 Å². The van der Waals surface area contributed by atoms with Crippen LogP contribution in [0.25, 0.3) is 0 Å². The van der Waals surface area contributed by atoms with E-state index in [0.717, 1.165) is 5.69 Å². The van der Waals surface area contributed by atoms with Crippen molar-refractivity contribution in [2.75, 3.05) is 6.54 Å². The number of imidazole rings is 1. The molecule has 1 atom stereocenters. The molecule has 1 aliphatic heterocycles. The number of aliphatic hydroxyl groups excluding tert-OH is 1. The number of rotatable bonds is 4. The molecular weight excluding hydrogens is 354 g/mol. The van der Waals surface area contributed by atoms with Crippen LogP contribution in [0.3, 0.4) is 0 Å². The number of sulfonamides is 1. The molecule has 0 saturated carbocycles. The van der Waals surface area contributed by atoms with E-state index in [1.165, 1.54) is 4.31 Å².